The first-order chi connectivity index (χ1) is 16.7. The summed E-state index contributed by atoms with van der Waals surface area (Å²) in [5, 5.41) is 5.65. The average Bonchev–Trinajstić information content (AvgIpc) is 2.77. The summed E-state index contributed by atoms with van der Waals surface area (Å²) in [7, 11) is 0. The predicted molar refractivity (Wildman–Crippen MR) is 139 cm³/mol. The lowest BCUT2D eigenvalue weighted by molar-refractivity contribution is -0.126. The molecule has 0 radical (unpaired) electrons. The molecule has 0 atom stereocenters. The molecule has 35 heavy (non-hydrogen) atoms. The largest absolute Gasteiger partial charge is 0.356 e. The molecule has 202 valence electrons. The maximum Gasteiger partial charge on any atom is 0.220 e. The second kappa shape index (κ2) is 21.2. The third-order valence-electron chi connectivity index (χ3n) is 5.64. The van der Waals surface area contributed by atoms with Crippen LogP contribution in [0.4, 0.5) is 0 Å². The molecular weight excluding hydrogens is 446 g/mol. The molecule has 0 aliphatic rings. The van der Waals surface area contributed by atoms with E-state index in [1.165, 1.54) is 0 Å². The zero-order valence-corrected chi connectivity index (χ0v) is 22.6. The molecule has 8 nitrogen and oxygen atoms in total. The number of nitrogens with one attached hydrogen (secondary N) is 2. The van der Waals surface area contributed by atoms with E-state index in [0.717, 1.165) is 51.4 Å². The first-order valence-electron chi connectivity index (χ1n) is 13.5. The van der Waals surface area contributed by atoms with Crippen molar-refractivity contribution < 1.29 is 24.0 Å². The minimum Gasteiger partial charge on any atom is -0.356 e. The molecule has 0 unspecified atom stereocenters. The Hall–Kier alpha value is -2.09. The number of hydrogen-bond donors (Lipinski definition) is 2. The number of Topliss-reactive ketones (excluding diaryl/α,β-unsaturated/α-hetero) is 3. The summed E-state index contributed by atoms with van der Waals surface area (Å²) in [6.07, 6.45) is 8.98. The Morgan fingerprint density at radius 2 is 1.03 bits per heavy atom. The van der Waals surface area contributed by atoms with E-state index in [9.17, 15) is 24.0 Å². The Balaban J connectivity index is 4.18. The maximum atomic E-state index is 12.4. The molecule has 8 heteroatoms. The summed E-state index contributed by atoms with van der Waals surface area (Å²) in [5.41, 5.74) is 0. The van der Waals surface area contributed by atoms with Crippen LogP contribution in [-0.2, 0) is 24.0 Å². The first-order valence-corrected chi connectivity index (χ1v) is 13.5. The van der Waals surface area contributed by atoms with E-state index in [0.29, 0.717) is 38.6 Å². The molecule has 0 fully saturated rings. The van der Waals surface area contributed by atoms with Crippen LogP contribution in [0.15, 0.2) is 0 Å². The summed E-state index contributed by atoms with van der Waals surface area (Å²) in [6.45, 7) is 8.58. The highest BCUT2D eigenvalue weighted by molar-refractivity contribution is 5.86. The van der Waals surface area contributed by atoms with Gasteiger partial charge in [-0.05, 0) is 46.5 Å². The third-order valence-corrected chi connectivity index (χ3v) is 5.64. The highest BCUT2D eigenvalue weighted by Crippen LogP contribution is 2.09. The molecule has 0 bridgehead atoms. The van der Waals surface area contributed by atoms with Crippen LogP contribution in [0.1, 0.15) is 111 Å². The highest BCUT2D eigenvalue weighted by Gasteiger charge is 2.17. The van der Waals surface area contributed by atoms with Gasteiger partial charge < -0.3 is 10.6 Å². The van der Waals surface area contributed by atoms with Gasteiger partial charge in [-0.3, -0.25) is 28.9 Å². The summed E-state index contributed by atoms with van der Waals surface area (Å²) < 4.78 is 0. The van der Waals surface area contributed by atoms with Gasteiger partial charge in [-0.15, -0.1) is 0 Å². The number of ketones is 3. The van der Waals surface area contributed by atoms with Gasteiger partial charge in [-0.2, -0.15) is 0 Å². The normalized spacial score (nSPS) is 11.0. The Kier molecular flexibility index (Phi) is 19.9. The number of nitrogens with zero attached hydrogens (tertiary/aromatic N) is 1. The van der Waals surface area contributed by atoms with Crippen molar-refractivity contribution in [3.8, 4) is 0 Å². The number of unbranched alkanes of at least 4 members (excludes halogenated alkanes) is 6. The molecule has 0 aliphatic heterocycles. The van der Waals surface area contributed by atoms with Crippen molar-refractivity contribution in [1.82, 2.24) is 15.5 Å². The van der Waals surface area contributed by atoms with Gasteiger partial charge in [0, 0.05) is 44.7 Å². The predicted octanol–water partition coefficient (Wildman–Crippen LogP) is 3.75. The van der Waals surface area contributed by atoms with Crippen LogP contribution >= 0.6 is 0 Å². The fourth-order valence-corrected chi connectivity index (χ4v) is 3.79. The standard InChI is InChI=1S/C27H49N3O5/c1-5-23(31)19-30(20-24(32)15-11-7-9-13-17-26(34)28-6-2)21-25(33)16-12-8-10-14-18-27(35)29-22(3)4/h22H,5-21H2,1-4H3,(H,28,34)(H,29,35). The highest BCUT2D eigenvalue weighted by atomic mass is 16.2. The van der Waals surface area contributed by atoms with Crippen molar-refractivity contribution >= 4 is 29.2 Å². The number of amides is 2. The molecule has 0 saturated heterocycles. The van der Waals surface area contributed by atoms with Crippen LogP contribution in [0.25, 0.3) is 0 Å². The van der Waals surface area contributed by atoms with Gasteiger partial charge in [-0.25, -0.2) is 0 Å². The van der Waals surface area contributed by atoms with E-state index < -0.39 is 0 Å². The van der Waals surface area contributed by atoms with E-state index in [-0.39, 0.29) is 54.8 Å². The van der Waals surface area contributed by atoms with Gasteiger partial charge in [0.05, 0.1) is 19.6 Å². The fraction of sp³-hybridized carbons (Fsp3) is 0.815. The Labute approximate surface area is 212 Å². The lowest BCUT2D eigenvalue weighted by Crippen LogP contribution is -2.38. The number of carbonyl (C=O) groups is 5. The van der Waals surface area contributed by atoms with E-state index in [1.54, 1.807) is 11.8 Å². The average molecular weight is 496 g/mol. The summed E-state index contributed by atoms with van der Waals surface area (Å²) in [6, 6.07) is 0.152. The topological polar surface area (TPSA) is 113 Å². The van der Waals surface area contributed by atoms with E-state index in [2.05, 4.69) is 10.6 Å². The molecule has 0 aromatic heterocycles. The van der Waals surface area contributed by atoms with Gasteiger partial charge in [-0.1, -0.05) is 32.6 Å². The SMILES string of the molecule is CCNC(=O)CCCCCCC(=O)CN(CC(=O)CC)CC(=O)CCCCCCC(=O)NC(C)C. The number of hydrogen-bond acceptors (Lipinski definition) is 6. The molecule has 0 saturated carbocycles. The van der Waals surface area contributed by atoms with Gasteiger partial charge in [0.1, 0.15) is 17.3 Å². The summed E-state index contributed by atoms with van der Waals surface area (Å²) in [5.74, 6) is 0.250. The zero-order valence-electron chi connectivity index (χ0n) is 22.6. The lowest BCUT2D eigenvalue weighted by Gasteiger charge is -2.20. The monoisotopic (exact) mass is 495 g/mol. The van der Waals surface area contributed by atoms with Crippen LogP contribution in [0.3, 0.4) is 0 Å². The van der Waals surface area contributed by atoms with Crippen LogP contribution in [-0.4, -0.2) is 66.3 Å². The lowest BCUT2D eigenvalue weighted by atomic mass is 10.1. The smallest absolute Gasteiger partial charge is 0.220 e. The van der Waals surface area contributed by atoms with Crippen molar-refractivity contribution in [1.29, 1.82) is 0 Å². The molecule has 0 aromatic rings. The molecule has 2 N–H and O–H groups in total. The van der Waals surface area contributed by atoms with Crippen molar-refractivity contribution in [3.63, 3.8) is 0 Å². The maximum absolute atomic E-state index is 12.4. The van der Waals surface area contributed by atoms with E-state index in [4.69, 9.17) is 0 Å². The quantitative estimate of drug-likeness (QED) is 0.209. The first kappa shape index (κ1) is 32.9. The van der Waals surface area contributed by atoms with Crippen molar-refractivity contribution in [2.45, 2.75) is 117 Å². The van der Waals surface area contributed by atoms with E-state index >= 15 is 0 Å². The Morgan fingerprint density at radius 3 is 1.46 bits per heavy atom. The molecular formula is C27H49N3O5. The molecule has 0 aliphatic carbocycles. The molecule has 0 aromatic carbocycles. The van der Waals surface area contributed by atoms with Gasteiger partial charge in [0.25, 0.3) is 0 Å². The van der Waals surface area contributed by atoms with Crippen molar-refractivity contribution in [3.05, 3.63) is 0 Å². The third kappa shape index (κ3) is 21.0. The van der Waals surface area contributed by atoms with E-state index in [1.807, 2.05) is 20.8 Å². The Morgan fingerprint density at radius 1 is 0.600 bits per heavy atom. The van der Waals surface area contributed by atoms with Gasteiger partial charge >= 0.3 is 0 Å². The number of carbonyl (C=O) groups excluding carboxylic acids is 5. The molecule has 2 amide bonds. The summed E-state index contributed by atoms with van der Waals surface area (Å²) >= 11 is 0. The molecule has 0 rings (SSSR count). The number of rotatable bonds is 23. The van der Waals surface area contributed by atoms with Crippen molar-refractivity contribution in [2.75, 3.05) is 26.2 Å². The minimum atomic E-state index is 0.0237. The van der Waals surface area contributed by atoms with Crippen LogP contribution < -0.4 is 10.6 Å². The second-order valence-electron chi connectivity index (χ2n) is 9.62. The van der Waals surface area contributed by atoms with Crippen molar-refractivity contribution in [2.24, 2.45) is 0 Å². The zero-order chi connectivity index (χ0) is 26.5. The van der Waals surface area contributed by atoms with Gasteiger partial charge in [0.2, 0.25) is 11.8 Å². The van der Waals surface area contributed by atoms with Gasteiger partial charge in [0.15, 0.2) is 0 Å². The fourth-order valence-electron chi connectivity index (χ4n) is 3.79. The second-order valence-corrected chi connectivity index (χ2v) is 9.62. The minimum absolute atomic E-state index is 0.0237. The van der Waals surface area contributed by atoms with Crippen LogP contribution in [0, 0.1) is 0 Å². The molecule has 0 heterocycles. The molecule has 0 spiro atoms. The summed E-state index contributed by atoms with van der Waals surface area (Å²) in [4.78, 5) is 61.6. The Bertz CT molecular complexity index is 649. The van der Waals surface area contributed by atoms with Crippen LogP contribution in [0.2, 0.25) is 0 Å². The van der Waals surface area contributed by atoms with Crippen LogP contribution in [0.5, 0.6) is 0 Å².